The van der Waals surface area contributed by atoms with Crippen molar-refractivity contribution in [3.8, 4) is 0 Å². The van der Waals surface area contributed by atoms with Gasteiger partial charge in [0.2, 0.25) is 15.9 Å². The fraction of sp³-hybridized carbons (Fsp3) is 0.650. The van der Waals surface area contributed by atoms with E-state index in [1.807, 2.05) is 6.07 Å². The molecule has 0 radical (unpaired) electrons. The summed E-state index contributed by atoms with van der Waals surface area (Å²) < 4.78 is 25.7. The molecule has 5 nitrogen and oxygen atoms in total. The number of nitrogens with one attached hydrogen (secondary N) is 2. The van der Waals surface area contributed by atoms with Crippen LogP contribution < -0.4 is 10.0 Å². The van der Waals surface area contributed by atoms with E-state index < -0.39 is 14.8 Å². The van der Waals surface area contributed by atoms with Gasteiger partial charge >= 0.3 is 0 Å². The molecule has 0 bridgehead atoms. The molecule has 1 atom stereocenters. The third kappa shape index (κ3) is 4.86. The molecular formula is C20H32N2O3S. The minimum atomic E-state index is -3.31. The molecule has 1 aliphatic rings. The lowest BCUT2D eigenvalue weighted by atomic mass is 9.99. The van der Waals surface area contributed by atoms with Gasteiger partial charge in [-0.25, -0.2) is 13.1 Å². The van der Waals surface area contributed by atoms with Gasteiger partial charge in [-0.2, -0.15) is 0 Å². The van der Waals surface area contributed by atoms with Gasteiger partial charge in [0.25, 0.3) is 0 Å². The third-order valence-electron chi connectivity index (χ3n) is 5.20. The summed E-state index contributed by atoms with van der Waals surface area (Å²) in [6, 6.07) is 4.14. The van der Waals surface area contributed by atoms with Crippen LogP contribution in [0.15, 0.2) is 12.1 Å². The molecule has 0 saturated heterocycles. The summed E-state index contributed by atoms with van der Waals surface area (Å²) in [4.78, 5) is 12.2. The predicted molar refractivity (Wildman–Crippen MR) is 107 cm³/mol. The molecule has 6 heteroatoms. The van der Waals surface area contributed by atoms with Crippen molar-refractivity contribution >= 4 is 21.6 Å². The highest BCUT2D eigenvalue weighted by Gasteiger charge is 2.28. The van der Waals surface area contributed by atoms with E-state index in [0.29, 0.717) is 31.7 Å². The average Bonchev–Trinajstić information content (AvgIpc) is 2.90. The molecule has 0 fully saturated rings. The van der Waals surface area contributed by atoms with Gasteiger partial charge in [-0.1, -0.05) is 13.0 Å². The number of amides is 1. The Morgan fingerprint density at radius 1 is 1.23 bits per heavy atom. The second kappa shape index (κ2) is 8.09. The molecule has 1 amide bonds. The third-order valence-corrected chi connectivity index (χ3v) is 7.39. The number of anilines is 1. The van der Waals surface area contributed by atoms with Crippen molar-refractivity contribution < 1.29 is 13.2 Å². The van der Waals surface area contributed by atoms with Crippen molar-refractivity contribution in [1.82, 2.24) is 4.72 Å². The predicted octanol–water partition coefficient (Wildman–Crippen LogP) is 3.87. The lowest BCUT2D eigenvalue weighted by Gasteiger charge is -2.19. The van der Waals surface area contributed by atoms with Crippen molar-refractivity contribution in [3.63, 3.8) is 0 Å². The maximum atomic E-state index is 12.2. The number of benzene rings is 1. The average molecular weight is 381 g/mol. The van der Waals surface area contributed by atoms with Gasteiger partial charge < -0.3 is 5.32 Å². The molecule has 1 aromatic rings. The Hall–Kier alpha value is -1.40. The highest BCUT2D eigenvalue weighted by molar-refractivity contribution is 7.90. The van der Waals surface area contributed by atoms with Crippen LogP contribution in [-0.4, -0.2) is 25.6 Å². The summed E-state index contributed by atoms with van der Waals surface area (Å²) in [7, 11) is -3.31. The van der Waals surface area contributed by atoms with E-state index >= 15 is 0 Å². The molecule has 146 valence electrons. The van der Waals surface area contributed by atoms with Crippen LogP contribution in [0, 0.1) is 6.92 Å². The monoisotopic (exact) mass is 380 g/mol. The molecule has 0 heterocycles. The van der Waals surface area contributed by atoms with E-state index in [2.05, 4.69) is 30.0 Å². The minimum Gasteiger partial charge on any atom is -0.326 e. The number of carbonyl (C=O) groups excluding carboxylic acids is 1. The van der Waals surface area contributed by atoms with Gasteiger partial charge in [0.1, 0.15) is 0 Å². The molecule has 0 aliphatic heterocycles. The number of rotatable bonds is 7. The van der Waals surface area contributed by atoms with Crippen LogP contribution in [0.3, 0.4) is 0 Å². The molecule has 0 saturated carbocycles. The Kier molecular flexibility index (Phi) is 6.51. The molecule has 2 rings (SSSR count). The van der Waals surface area contributed by atoms with E-state index in [1.54, 1.807) is 20.8 Å². The molecule has 2 N–H and O–H groups in total. The lowest BCUT2D eigenvalue weighted by Crippen LogP contribution is -2.39. The zero-order valence-electron chi connectivity index (χ0n) is 16.6. The maximum Gasteiger partial charge on any atom is 0.224 e. The standard InChI is InChI=1S/C20H32N2O3S/c1-14-9-10-17-15(2)18(12-11-16(14)17)22-19(23)8-6-7-13-21-26(24,25)20(3,4)5/h11-12,14,21H,6-10,13H2,1-5H3,(H,22,23). The normalized spacial score (nSPS) is 17.2. The van der Waals surface area contributed by atoms with Crippen LogP contribution in [0.25, 0.3) is 0 Å². The van der Waals surface area contributed by atoms with Crippen molar-refractivity contribution in [2.75, 3.05) is 11.9 Å². The second-order valence-electron chi connectivity index (χ2n) is 8.26. The highest BCUT2D eigenvalue weighted by Crippen LogP contribution is 2.37. The summed E-state index contributed by atoms with van der Waals surface area (Å²) in [5.41, 5.74) is 4.87. The first-order valence-corrected chi connectivity index (χ1v) is 10.9. The van der Waals surface area contributed by atoms with Crippen LogP contribution in [0.2, 0.25) is 0 Å². The Labute approximate surface area is 158 Å². The molecular weight excluding hydrogens is 348 g/mol. The Morgan fingerprint density at radius 2 is 1.92 bits per heavy atom. The Balaban J connectivity index is 1.78. The number of fused-ring (bicyclic) bond motifs is 1. The first-order chi connectivity index (χ1) is 12.0. The molecule has 1 unspecified atom stereocenters. The highest BCUT2D eigenvalue weighted by atomic mass is 32.2. The Bertz CT molecular complexity index is 764. The topological polar surface area (TPSA) is 75.3 Å². The smallest absolute Gasteiger partial charge is 0.224 e. The minimum absolute atomic E-state index is 0.0160. The van der Waals surface area contributed by atoms with Gasteiger partial charge in [-0.05, 0) is 82.1 Å². The van der Waals surface area contributed by atoms with Crippen molar-refractivity contribution in [2.24, 2.45) is 0 Å². The fourth-order valence-corrected chi connectivity index (χ4v) is 4.12. The molecule has 0 spiro atoms. The molecule has 26 heavy (non-hydrogen) atoms. The van der Waals surface area contributed by atoms with Crippen LogP contribution in [0.4, 0.5) is 5.69 Å². The molecule has 0 aromatic heterocycles. The van der Waals surface area contributed by atoms with Gasteiger partial charge in [0.05, 0.1) is 4.75 Å². The van der Waals surface area contributed by atoms with E-state index in [9.17, 15) is 13.2 Å². The summed E-state index contributed by atoms with van der Waals surface area (Å²) in [6.45, 7) is 9.70. The first-order valence-electron chi connectivity index (χ1n) is 9.44. The van der Waals surface area contributed by atoms with Gasteiger partial charge in [-0.3, -0.25) is 4.79 Å². The lowest BCUT2D eigenvalue weighted by molar-refractivity contribution is -0.116. The van der Waals surface area contributed by atoms with Crippen molar-refractivity contribution in [1.29, 1.82) is 0 Å². The van der Waals surface area contributed by atoms with Crippen LogP contribution >= 0.6 is 0 Å². The van der Waals surface area contributed by atoms with Gasteiger partial charge in [-0.15, -0.1) is 0 Å². The molecule has 1 aliphatic carbocycles. The van der Waals surface area contributed by atoms with E-state index in [0.717, 1.165) is 12.1 Å². The summed E-state index contributed by atoms with van der Waals surface area (Å²) in [5.74, 6) is 0.586. The fourth-order valence-electron chi connectivity index (χ4n) is 3.27. The van der Waals surface area contributed by atoms with Crippen LogP contribution in [0.5, 0.6) is 0 Å². The van der Waals surface area contributed by atoms with E-state index in [4.69, 9.17) is 0 Å². The summed E-state index contributed by atoms with van der Waals surface area (Å²) in [5, 5.41) is 3.01. The van der Waals surface area contributed by atoms with Crippen molar-refractivity contribution in [3.05, 3.63) is 28.8 Å². The zero-order valence-corrected chi connectivity index (χ0v) is 17.4. The molecule has 1 aromatic carbocycles. The van der Waals surface area contributed by atoms with Crippen LogP contribution in [0.1, 0.15) is 76.0 Å². The summed E-state index contributed by atoms with van der Waals surface area (Å²) in [6.07, 6.45) is 3.95. The van der Waals surface area contributed by atoms with Crippen molar-refractivity contribution in [2.45, 2.75) is 77.4 Å². The van der Waals surface area contributed by atoms with Crippen LogP contribution in [-0.2, 0) is 21.2 Å². The number of hydrogen-bond donors (Lipinski definition) is 2. The van der Waals surface area contributed by atoms with Gasteiger partial charge in [0.15, 0.2) is 0 Å². The number of hydrogen-bond acceptors (Lipinski definition) is 3. The Morgan fingerprint density at radius 3 is 2.58 bits per heavy atom. The first kappa shape index (κ1) is 20.9. The summed E-state index contributed by atoms with van der Waals surface area (Å²) >= 11 is 0. The second-order valence-corrected chi connectivity index (χ2v) is 10.8. The quantitative estimate of drug-likeness (QED) is 0.705. The number of unbranched alkanes of at least 4 members (excludes halogenated alkanes) is 1. The number of sulfonamides is 1. The van der Waals surface area contributed by atoms with E-state index in [1.165, 1.54) is 23.1 Å². The largest absolute Gasteiger partial charge is 0.326 e. The SMILES string of the molecule is Cc1c(NC(=O)CCCCNS(=O)(=O)C(C)(C)C)ccc2c1CCC2C. The zero-order chi connectivity index (χ0) is 19.5. The van der Waals surface area contributed by atoms with E-state index in [-0.39, 0.29) is 5.91 Å². The maximum absolute atomic E-state index is 12.2. The van der Waals surface area contributed by atoms with Gasteiger partial charge in [0, 0.05) is 18.7 Å². The number of carbonyl (C=O) groups is 1.